The number of carbonyl (C=O) groups is 1. The number of halogens is 1. The van der Waals surface area contributed by atoms with Crippen LogP contribution in [0.25, 0.3) is 33.9 Å². The SMILES string of the molecule is COc1ccc(-c2nc3cc(NC(=O)c4ccc(-c5cccc(Cl)c5)o4)ccc3o2)cc1OC. The first-order chi connectivity index (χ1) is 16.5. The highest BCUT2D eigenvalue weighted by molar-refractivity contribution is 6.30. The Morgan fingerprint density at radius 1 is 0.882 bits per heavy atom. The Hall–Kier alpha value is -4.23. The van der Waals surface area contributed by atoms with E-state index >= 15 is 0 Å². The third-order valence-electron chi connectivity index (χ3n) is 5.21. The molecule has 5 aromatic rings. The van der Waals surface area contributed by atoms with E-state index in [1.165, 1.54) is 0 Å². The Balaban J connectivity index is 1.37. The van der Waals surface area contributed by atoms with Crippen LogP contribution in [-0.4, -0.2) is 25.1 Å². The average Bonchev–Trinajstić information content (AvgIpc) is 3.51. The Labute approximate surface area is 199 Å². The molecular weight excluding hydrogens is 456 g/mol. The molecule has 0 fully saturated rings. The molecule has 2 aromatic heterocycles. The topological polar surface area (TPSA) is 86.7 Å². The highest BCUT2D eigenvalue weighted by Gasteiger charge is 2.15. The maximum Gasteiger partial charge on any atom is 0.291 e. The monoisotopic (exact) mass is 474 g/mol. The summed E-state index contributed by atoms with van der Waals surface area (Å²) in [6.07, 6.45) is 0. The summed E-state index contributed by atoms with van der Waals surface area (Å²) in [4.78, 5) is 17.3. The molecule has 2 heterocycles. The largest absolute Gasteiger partial charge is 0.493 e. The highest BCUT2D eigenvalue weighted by Crippen LogP contribution is 2.34. The molecule has 0 saturated heterocycles. The number of anilines is 1. The van der Waals surface area contributed by atoms with Crippen LogP contribution in [0.2, 0.25) is 5.02 Å². The number of nitrogens with zero attached hydrogens (tertiary/aromatic N) is 1. The van der Waals surface area contributed by atoms with Crippen molar-refractivity contribution in [1.82, 2.24) is 4.98 Å². The molecule has 1 amide bonds. The van der Waals surface area contributed by atoms with E-state index < -0.39 is 0 Å². The molecule has 1 N–H and O–H groups in total. The molecule has 0 radical (unpaired) electrons. The van der Waals surface area contributed by atoms with Gasteiger partial charge in [0.25, 0.3) is 5.91 Å². The Morgan fingerprint density at radius 2 is 1.74 bits per heavy atom. The zero-order valence-electron chi connectivity index (χ0n) is 18.3. The minimum Gasteiger partial charge on any atom is -0.493 e. The summed E-state index contributed by atoms with van der Waals surface area (Å²) in [5.74, 6) is 1.97. The van der Waals surface area contributed by atoms with Crippen LogP contribution in [0.1, 0.15) is 10.6 Å². The van der Waals surface area contributed by atoms with Gasteiger partial charge in [0.05, 0.1) is 14.2 Å². The lowest BCUT2D eigenvalue weighted by atomic mass is 10.2. The summed E-state index contributed by atoms with van der Waals surface area (Å²) in [6, 6.07) is 21.2. The van der Waals surface area contributed by atoms with Crippen molar-refractivity contribution < 1.29 is 23.1 Å². The van der Waals surface area contributed by atoms with E-state index in [1.807, 2.05) is 18.2 Å². The molecule has 5 rings (SSSR count). The number of carbonyl (C=O) groups excluding carboxylic acids is 1. The number of methoxy groups -OCH3 is 2. The third kappa shape index (κ3) is 4.21. The van der Waals surface area contributed by atoms with Gasteiger partial charge in [-0.1, -0.05) is 23.7 Å². The van der Waals surface area contributed by atoms with Gasteiger partial charge in [-0.3, -0.25) is 4.79 Å². The zero-order valence-corrected chi connectivity index (χ0v) is 19.1. The molecule has 0 aliphatic carbocycles. The molecule has 8 heteroatoms. The van der Waals surface area contributed by atoms with Crippen LogP contribution >= 0.6 is 11.6 Å². The number of benzene rings is 3. The molecule has 0 bridgehead atoms. The van der Waals surface area contributed by atoms with Crippen molar-refractivity contribution in [1.29, 1.82) is 0 Å². The van der Waals surface area contributed by atoms with Crippen molar-refractivity contribution >= 4 is 34.3 Å². The fourth-order valence-electron chi connectivity index (χ4n) is 3.55. The summed E-state index contributed by atoms with van der Waals surface area (Å²) < 4.78 is 22.2. The fourth-order valence-corrected chi connectivity index (χ4v) is 3.74. The van der Waals surface area contributed by atoms with Gasteiger partial charge >= 0.3 is 0 Å². The lowest BCUT2D eigenvalue weighted by Gasteiger charge is -2.07. The van der Waals surface area contributed by atoms with Crippen molar-refractivity contribution in [3.05, 3.63) is 83.6 Å². The second-order valence-corrected chi connectivity index (χ2v) is 7.84. The van der Waals surface area contributed by atoms with Crippen LogP contribution in [0, 0.1) is 0 Å². The molecule has 0 aliphatic rings. The second-order valence-electron chi connectivity index (χ2n) is 7.40. The van der Waals surface area contributed by atoms with Crippen LogP contribution < -0.4 is 14.8 Å². The van der Waals surface area contributed by atoms with Crippen molar-refractivity contribution in [2.24, 2.45) is 0 Å². The highest BCUT2D eigenvalue weighted by atomic mass is 35.5. The number of amides is 1. The molecule has 0 aliphatic heterocycles. The molecule has 0 saturated carbocycles. The number of fused-ring (bicyclic) bond motifs is 1. The van der Waals surface area contributed by atoms with Gasteiger partial charge in [0.1, 0.15) is 11.3 Å². The maximum atomic E-state index is 12.7. The second kappa shape index (κ2) is 8.96. The van der Waals surface area contributed by atoms with Gasteiger partial charge in [-0.25, -0.2) is 4.98 Å². The van der Waals surface area contributed by atoms with Gasteiger partial charge in [-0.05, 0) is 60.7 Å². The van der Waals surface area contributed by atoms with Gasteiger partial charge < -0.3 is 23.6 Å². The third-order valence-corrected chi connectivity index (χ3v) is 5.45. The number of aromatic nitrogens is 1. The quantitative estimate of drug-likeness (QED) is 0.295. The number of rotatable bonds is 6. The number of nitrogens with one attached hydrogen (secondary N) is 1. The van der Waals surface area contributed by atoms with Crippen molar-refractivity contribution in [3.63, 3.8) is 0 Å². The first-order valence-electron chi connectivity index (χ1n) is 10.3. The summed E-state index contributed by atoms with van der Waals surface area (Å²) in [6.45, 7) is 0. The van der Waals surface area contributed by atoms with Crippen LogP contribution in [0.5, 0.6) is 11.5 Å². The number of hydrogen-bond donors (Lipinski definition) is 1. The first-order valence-corrected chi connectivity index (χ1v) is 10.7. The summed E-state index contributed by atoms with van der Waals surface area (Å²) in [7, 11) is 3.15. The average molecular weight is 475 g/mol. The maximum absolute atomic E-state index is 12.7. The van der Waals surface area contributed by atoms with Crippen LogP contribution in [-0.2, 0) is 0 Å². The van der Waals surface area contributed by atoms with Crippen molar-refractivity contribution in [2.45, 2.75) is 0 Å². The van der Waals surface area contributed by atoms with E-state index in [0.717, 1.165) is 11.1 Å². The lowest BCUT2D eigenvalue weighted by molar-refractivity contribution is 0.0997. The normalized spacial score (nSPS) is 10.9. The van der Waals surface area contributed by atoms with Crippen LogP contribution in [0.15, 0.2) is 81.6 Å². The minimum absolute atomic E-state index is 0.182. The lowest BCUT2D eigenvalue weighted by Crippen LogP contribution is -2.10. The zero-order chi connectivity index (χ0) is 23.7. The van der Waals surface area contributed by atoms with E-state index in [4.69, 9.17) is 29.9 Å². The van der Waals surface area contributed by atoms with Crippen LogP contribution in [0.4, 0.5) is 5.69 Å². The number of furan rings is 1. The van der Waals surface area contributed by atoms with E-state index in [2.05, 4.69) is 10.3 Å². The minimum atomic E-state index is -0.378. The van der Waals surface area contributed by atoms with E-state index in [0.29, 0.717) is 45.0 Å². The van der Waals surface area contributed by atoms with Gasteiger partial charge in [-0.15, -0.1) is 0 Å². The molecule has 0 atom stereocenters. The van der Waals surface area contributed by atoms with E-state index in [9.17, 15) is 4.79 Å². The molecule has 7 nitrogen and oxygen atoms in total. The van der Waals surface area contributed by atoms with Crippen molar-refractivity contribution in [3.8, 4) is 34.3 Å². The molecule has 0 unspecified atom stereocenters. The van der Waals surface area contributed by atoms with Crippen LogP contribution in [0.3, 0.4) is 0 Å². The molecule has 170 valence electrons. The molecule has 0 spiro atoms. The Kier molecular flexibility index (Phi) is 5.69. The van der Waals surface area contributed by atoms with Gasteiger partial charge in [0.2, 0.25) is 5.89 Å². The first kappa shape index (κ1) is 21.6. The predicted molar refractivity (Wildman–Crippen MR) is 130 cm³/mol. The number of oxazole rings is 1. The summed E-state index contributed by atoms with van der Waals surface area (Å²) in [5, 5.41) is 3.42. The van der Waals surface area contributed by atoms with Gasteiger partial charge in [-0.2, -0.15) is 0 Å². The Morgan fingerprint density at radius 3 is 2.53 bits per heavy atom. The van der Waals surface area contributed by atoms with E-state index in [1.54, 1.807) is 68.8 Å². The number of ether oxygens (including phenoxy) is 2. The molecule has 34 heavy (non-hydrogen) atoms. The summed E-state index contributed by atoms with van der Waals surface area (Å²) >= 11 is 6.04. The van der Waals surface area contributed by atoms with E-state index in [-0.39, 0.29) is 11.7 Å². The number of hydrogen-bond acceptors (Lipinski definition) is 6. The standard InChI is InChI=1S/C26H19ClN2O5/c1-31-22-8-6-16(13-24(22)32-2)26-29-19-14-18(7-9-21(19)34-26)28-25(30)23-11-10-20(33-23)15-4-3-5-17(27)12-15/h3-14H,1-2H3,(H,28,30). The Bertz CT molecular complexity index is 1500. The molecule has 3 aromatic carbocycles. The smallest absolute Gasteiger partial charge is 0.291 e. The predicted octanol–water partition coefficient (Wildman–Crippen LogP) is 6.68. The molecular formula is C26H19ClN2O5. The van der Waals surface area contributed by atoms with Crippen molar-refractivity contribution in [2.75, 3.05) is 19.5 Å². The summed E-state index contributed by atoms with van der Waals surface area (Å²) in [5.41, 5.74) is 3.28. The van der Waals surface area contributed by atoms with Gasteiger partial charge in [0.15, 0.2) is 22.8 Å². The van der Waals surface area contributed by atoms with Gasteiger partial charge in [0, 0.05) is 21.8 Å². The fraction of sp³-hybridized carbons (Fsp3) is 0.0769.